The van der Waals surface area contributed by atoms with E-state index in [0.29, 0.717) is 15.7 Å². The van der Waals surface area contributed by atoms with Gasteiger partial charge < -0.3 is 10.3 Å². The molecule has 2 aromatic carbocycles. The van der Waals surface area contributed by atoms with Gasteiger partial charge in [0.15, 0.2) is 0 Å². The molecule has 3 aromatic rings. The van der Waals surface area contributed by atoms with Crippen LogP contribution in [-0.4, -0.2) is 10.9 Å². The lowest BCUT2D eigenvalue weighted by Crippen LogP contribution is -2.14. The first kappa shape index (κ1) is 14.0. The number of nitrogens with one attached hydrogen (secondary N) is 2. The third kappa shape index (κ3) is 3.04. The molecule has 1 amide bonds. The highest BCUT2D eigenvalue weighted by molar-refractivity contribution is 6.33. The summed E-state index contributed by atoms with van der Waals surface area (Å²) in [6, 6.07) is 12.7. The molecule has 0 aliphatic rings. The van der Waals surface area contributed by atoms with Crippen molar-refractivity contribution in [2.45, 2.75) is 6.42 Å². The second-order valence-electron chi connectivity index (χ2n) is 4.71. The third-order valence-corrected chi connectivity index (χ3v) is 3.79. The van der Waals surface area contributed by atoms with Gasteiger partial charge in [0.2, 0.25) is 5.91 Å². The molecule has 3 rings (SSSR count). The number of carbonyl (C=O) groups excluding carboxylic acids is 1. The second kappa shape index (κ2) is 5.80. The second-order valence-corrected chi connectivity index (χ2v) is 5.55. The number of amides is 1. The molecule has 1 heterocycles. The van der Waals surface area contributed by atoms with E-state index in [9.17, 15) is 4.79 Å². The molecule has 0 aliphatic carbocycles. The number of benzene rings is 2. The normalized spacial score (nSPS) is 10.8. The Morgan fingerprint density at radius 2 is 1.95 bits per heavy atom. The fraction of sp³-hybridized carbons (Fsp3) is 0.0625. The highest BCUT2D eigenvalue weighted by Gasteiger charge is 2.10. The Hall–Kier alpha value is -1.97. The molecule has 3 nitrogen and oxygen atoms in total. The number of fused-ring (bicyclic) bond motifs is 1. The first-order valence-electron chi connectivity index (χ1n) is 6.43. The summed E-state index contributed by atoms with van der Waals surface area (Å²) < 4.78 is 0. The average Bonchev–Trinajstić information content (AvgIpc) is 2.84. The first-order chi connectivity index (χ1) is 10.1. The van der Waals surface area contributed by atoms with E-state index in [-0.39, 0.29) is 12.3 Å². The largest absolute Gasteiger partial charge is 0.361 e. The maximum Gasteiger partial charge on any atom is 0.228 e. The zero-order valence-corrected chi connectivity index (χ0v) is 12.5. The lowest BCUT2D eigenvalue weighted by atomic mass is 10.1. The number of hydrogen-bond donors (Lipinski definition) is 2. The average molecular weight is 319 g/mol. The van der Waals surface area contributed by atoms with Crippen molar-refractivity contribution in [2.24, 2.45) is 0 Å². The minimum absolute atomic E-state index is 0.121. The molecule has 106 valence electrons. The molecule has 0 unspecified atom stereocenters. The quantitative estimate of drug-likeness (QED) is 0.725. The van der Waals surface area contributed by atoms with E-state index in [4.69, 9.17) is 23.2 Å². The molecular formula is C16H12Cl2N2O. The van der Waals surface area contributed by atoms with Crippen molar-refractivity contribution in [3.05, 3.63) is 64.3 Å². The summed E-state index contributed by atoms with van der Waals surface area (Å²) in [5.41, 5.74) is 2.47. The Labute approximate surface area is 131 Å². The van der Waals surface area contributed by atoms with Gasteiger partial charge in [0, 0.05) is 22.1 Å². The van der Waals surface area contributed by atoms with Crippen molar-refractivity contribution in [1.29, 1.82) is 0 Å². The predicted molar refractivity (Wildman–Crippen MR) is 87.1 cm³/mol. The summed E-state index contributed by atoms with van der Waals surface area (Å²) in [7, 11) is 0. The summed E-state index contributed by atoms with van der Waals surface area (Å²) in [6.07, 6.45) is 2.08. The summed E-state index contributed by atoms with van der Waals surface area (Å²) in [5.74, 6) is -0.121. The minimum Gasteiger partial charge on any atom is -0.361 e. The molecule has 0 spiro atoms. The van der Waals surface area contributed by atoms with Gasteiger partial charge in [-0.2, -0.15) is 0 Å². The topological polar surface area (TPSA) is 44.9 Å². The van der Waals surface area contributed by atoms with Crippen LogP contribution in [0.1, 0.15) is 5.56 Å². The molecule has 0 saturated heterocycles. The van der Waals surface area contributed by atoms with Gasteiger partial charge in [0.25, 0.3) is 0 Å². The molecule has 0 radical (unpaired) electrons. The Morgan fingerprint density at radius 3 is 2.76 bits per heavy atom. The molecule has 0 aliphatic heterocycles. The SMILES string of the molecule is O=C(Cc1c[nH]c2ccc(Cl)cc12)Nc1ccccc1Cl. The molecule has 1 aromatic heterocycles. The monoisotopic (exact) mass is 318 g/mol. The van der Waals surface area contributed by atoms with Gasteiger partial charge in [-0.25, -0.2) is 0 Å². The van der Waals surface area contributed by atoms with Gasteiger partial charge in [0.05, 0.1) is 17.1 Å². The summed E-state index contributed by atoms with van der Waals surface area (Å²) in [6.45, 7) is 0. The number of rotatable bonds is 3. The zero-order valence-electron chi connectivity index (χ0n) is 11.0. The number of halogens is 2. The van der Waals surface area contributed by atoms with E-state index < -0.39 is 0 Å². The van der Waals surface area contributed by atoms with E-state index >= 15 is 0 Å². The van der Waals surface area contributed by atoms with Crippen LogP contribution in [0.3, 0.4) is 0 Å². The van der Waals surface area contributed by atoms with Crippen LogP contribution in [0.4, 0.5) is 5.69 Å². The zero-order chi connectivity index (χ0) is 14.8. The van der Waals surface area contributed by atoms with Crippen molar-refractivity contribution >= 4 is 45.7 Å². The predicted octanol–water partition coefficient (Wildman–Crippen LogP) is 4.66. The van der Waals surface area contributed by atoms with Gasteiger partial charge in [-0.1, -0.05) is 35.3 Å². The molecule has 2 N–H and O–H groups in total. The molecule has 21 heavy (non-hydrogen) atoms. The summed E-state index contributed by atoms with van der Waals surface area (Å²) in [4.78, 5) is 15.3. The first-order valence-corrected chi connectivity index (χ1v) is 7.19. The number of anilines is 1. The number of para-hydroxylation sites is 1. The number of hydrogen-bond acceptors (Lipinski definition) is 1. The highest BCUT2D eigenvalue weighted by Crippen LogP contribution is 2.24. The van der Waals surface area contributed by atoms with E-state index in [1.165, 1.54) is 0 Å². The smallest absolute Gasteiger partial charge is 0.228 e. The van der Waals surface area contributed by atoms with Crippen LogP contribution in [0.25, 0.3) is 10.9 Å². The Bertz CT molecular complexity index is 811. The van der Waals surface area contributed by atoms with Crippen LogP contribution < -0.4 is 5.32 Å². The molecular weight excluding hydrogens is 307 g/mol. The Morgan fingerprint density at radius 1 is 1.14 bits per heavy atom. The van der Waals surface area contributed by atoms with Gasteiger partial charge in [0.1, 0.15) is 0 Å². The van der Waals surface area contributed by atoms with Crippen molar-refractivity contribution in [3.63, 3.8) is 0 Å². The lowest BCUT2D eigenvalue weighted by molar-refractivity contribution is -0.115. The van der Waals surface area contributed by atoms with E-state index in [0.717, 1.165) is 16.5 Å². The molecule has 0 atom stereocenters. The fourth-order valence-corrected chi connectivity index (χ4v) is 2.58. The number of carbonyl (C=O) groups is 1. The lowest BCUT2D eigenvalue weighted by Gasteiger charge is -2.06. The number of aromatic nitrogens is 1. The van der Waals surface area contributed by atoms with Crippen molar-refractivity contribution in [3.8, 4) is 0 Å². The van der Waals surface area contributed by atoms with E-state index in [1.807, 2.05) is 36.5 Å². The number of aromatic amines is 1. The van der Waals surface area contributed by atoms with E-state index in [1.54, 1.807) is 12.1 Å². The minimum atomic E-state index is -0.121. The van der Waals surface area contributed by atoms with Crippen LogP contribution in [0.15, 0.2) is 48.7 Å². The van der Waals surface area contributed by atoms with Crippen LogP contribution >= 0.6 is 23.2 Å². The van der Waals surface area contributed by atoms with E-state index in [2.05, 4.69) is 10.3 Å². The molecule has 0 fully saturated rings. The third-order valence-electron chi connectivity index (χ3n) is 3.23. The fourth-order valence-electron chi connectivity index (χ4n) is 2.23. The van der Waals surface area contributed by atoms with Crippen LogP contribution in [0.2, 0.25) is 10.0 Å². The summed E-state index contributed by atoms with van der Waals surface area (Å²) in [5, 5.41) is 4.93. The van der Waals surface area contributed by atoms with Crippen LogP contribution in [0, 0.1) is 0 Å². The maximum absolute atomic E-state index is 12.1. The Kier molecular flexibility index (Phi) is 3.86. The van der Waals surface area contributed by atoms with Gasteiger partial charge in [-0.05, 0) is 35.9 Å². The number of H-pyrrole nitrogens is 1. The van der Waals surface area contributed by atoms with Crippen molar-refractivity contribution in [2.75, 3.05) is 5.32 Å². The van der Waals surface area contributed by atoms with Crippen molar-refractivity contribution in [1.82, 2.24) is 4.98 Å². The van der Waals surface area contributed by atoms with Gasteiger partial charge >= 0.3 is 0 Å². The van der Waals surface area contributed by atoms with Crippen LogP contribution in [-0.2, 0) is 11.2 Å². The molecule has 0 bridgehead atoms. The Balaban J connectivity index is 1.80. The van der Waals surface area contributed by atoms with Crippen molar-refractivity contribution < 1.29 is 4.79 Å². The highest BCUT2D eigenvalue weighted by atomic mass is 35.5. The standard InChI is InChI=1S/C16H12Cl2N2O/c17-11-5-6-14-12(8-11)10(9-19-14)7-16(21)20-15-4-2-1-3-13(15)18/h1-6,8-9,19H,7H2,(H,20,21). The molecule has 0 saturated carbocycles. The van der Waals surface area contributed by atoms with Gasteiger partial charge in [-0.3, -0.25) is 4.79 Å². The van der Waals surface area contributed by atoms with Crippen LogP contribution in [0.5, 0.6) is 0 Å². The molecule has 5 heteroatoms. The maximum atomic E-state index is 12.1. The summed E-state index contributed by atoms with van der Waals surface area (Å²) >= 11 is 12.0. The van der Waals surface area contributed by atoms with Gasteiger partial charge in [-0.15, -0.1) is 0 Å².